The van der Waals surface area contributed by atoms with Gasteiger partial charge in [0.1, 0.15) is 0 Å². The second-order valence-electron chi connectivity index (χ2n) is 6.18. The average molecular weight is 289 g/mol. The van der Waals surface area contributed by atoms with Gasteiger partial charge < -0.3 is 9.52 Å². The first-order chi connectivity index (χ1) is 9.83. The Balaban J connectivity index is 1.97. The van der Waals surface area contributed by atoms with Crippen molar-refractivity contribution in [2.24, 2.45) is 0 Å². The fraction of sp³-hybridized carbons (Fsp3) is 0.500. The predicted octanol–water partition coefficient (Wildman–Crippen LogP) is 2.17. The van der Waals surface area contributed by atoms with Crippen molar-refractivity contribution in [1.29, 1.82) is 0 Å². The molecule has 1 N–H and O–H groups in total. The molecule has 114 valence electrons. The topological polar surface area (TPSA) is 62.4 Å². The van der Waals surface area contributed by atoms with Crippen molar-refractivity contribution in [3.63, 3.8) is 0 Å². The Labute approximate surface area is 125 Å². The molecule has 0 saturated carbocycles. The zero-order valence-electron chi connectivity index (χ0n) is 13.1. The van der Waals surface area contributed by atoms with Gasteiger partial charge in [0, 0.05) is 6.54 Å². The van der Waals surface area contributed by atoms with E-state index < -0.39 is 5.60 Å². The summed E-state index contributed by atoms with van der Waals surface area (Å²) in [7, 11) is 1.92. The third-order valence-corrected chi connectivity index (χ3v) is 3.17. The number of aryl methyl sites for hydroxylation is 1. The highest BCUT2D eigenvalue weighted by Gasteiger charge is 2.17. The first kappa shape index (κ1) is 15.7. The van der Waals surface area contributed by atoms with E-state index in [2.05, 4.69) is 29.3 Å². The molecule has 2 aromatic rings. The summed E-state index contributed by atoms with van der Waals surface area (Å²) in [6, 6.07) is 8.17. The van der Waals surface area contributed by atoms with Crippen LogP contribution in [0.4, 0.5) is 0 Å². The smallest absolute Gasteiger partial charge is 0.230 e. The van der Waals surface area contributed by atoms with Gasteiger partial charge in [-0.05, 0) is 38.9 Å². The summed E-state index contributed by atoms with van der Waals surface area (Å²) in [4.78, 5) is 1.96. The SMILES string of the molecule is Cc1ccccc1Cc1nnc(CN(C)CC(C)(C)O)o1. The molecule has 0 bridgehead atoms. The highest BCUT2D eigenvalue weighted by molar-refractivity contribution is 5.27. The van der Waals surface area contributed by atoms with Crippen LogP contribution in [0.3, 0.4) is 0 Å². The minimum absolute atomic E-state index is 0.533. The molecular formula is C16H23N3O2. The summed E-state index contributed by atoms with van der Waals surface area (Å²) in [5.41, 5.74) is 1.67. The molecular weight excluding hydrogens is 266 g/mol. The van der Waals surface area contributed by atoms with Crippen LogP contribution in [-0.2, 0) is 13.0 Å². The third kappa shape index (κ3) is 4.95. The van der Waals surface area contributed by atoms with Gasteiger partial charge in [-0.25, -0.2) is 0 Å². The van der Waals surface area contributed by atoms with E-state index in [1.54, 1.807) is 13.8 Å². The molecule has 1 aromatic heterocycles. The Morgan fingerprint density at radius 2 is 1.86 bits per heavy atom. The molecule has 0 aliphatic heterocycles. The molecule has 0 unspecified atom stereocenters. The monoisotopic (exact) mass is 289 g/mol. The van der Waals surface area contributed by atoms with Gasteiger partial charge in [0.25, 0.3) is 0 Å². The van der Waals surface area contributed by atoms with Crippen molar-refractivity contribution in [3.05, 3.63) is 47.2 Å². The van der Waals surface area contributed by atoms with Gasteiger partial charge in [-0.3, -0.25) is 4.90 Å². The lowest BCUT2D eigenvalue weighted by atomic mass is 10.1. The minimum Gasteiger partial charge on any atom is -0.424 e. The van der Waals surface area contributed by atoms with E-state index in [9.17, 15) is 5.11 Å². The minimum atomic E-state index is -0.737. The summed E-state index contributed by atoms with van der Waals surface area (Å²) >= 11 is 0. The summed E-state index contributed by atoms with van der Waals surface area (Å²) in [6.07, 6.45) is 0.648. The lowest BCUT2D eigenvalue weighted by molar-refractivity contribution is 0.0402. The largest absolute Gasteiger partial charge is 0.424 e. The molecule has 0 atom stereocenters. The maximum Gasteiger partial charge on any atom is 0.230 e. The Morgan fingerprint density at radius 1 is 1.19 bits per heavy atom. The van der Waals surface area contributed by atoms with Crippen molar-refractivity contribution in [3.8, 4) is 0 Å². The maximum absolute atomic E-state index is 9.79. The van der Waals surface area contributed by atoms with Crippen LogP contribution in [0.15, 0.2) is 28.7 Å². The molecule has 0 spiro atoms. The number of benzene rings is 1. The molecule has 0 aliphatic carbocycles. The molecule has 0 amide bonds. The van der Waals surface area contributed by atoms with Crippen LogP contribution < -0.4 is 0 Å². The van der Waals surface area contributed by atoms with E-state index in [1.807, 2.05) is 24.1 Å². The van der Waals surface area contributed by atoms with Gasteiger partial charge in [-0.15, -0.1) is 10.2 Å². The van der Waals surface area contributed by atoms with E-state index in [4.69, 9.17) is 4.42 Å². The van der Waals surface area contributed by atoms with E-state index in [0.29, 0.717) is 31.3 Å². The lowest BCUT2D eigenvalue weighted by Crippen LogP contribution is -2.35. The van der Waals surface area contributed by atoms with Gasteiger partial charge in [0.2, 0.25) is 11.8 Å². The number of rotatable bonds is 6. The average Bonchev–Trinajstić information content (AvgIpc) is 2.77. The summed E-state index contributed by atoms with van der Waals surface area (Å²) in [5, 5.41) is 18.0. The van der Waals surface area contributed by atoms with E-state index in [-0.39, 0.29) is 0 Å². The van der Waals surface area contributed by atoms with Crippen molar-refractivity contribution >= 4 is 0 Å². The van der Waals surface area contributed by atoms with Crippen molar-refractivity contribution in [2.75, 3.05) is 13.6 Å². The molecule has 2 rings (SSSR count). The van der Waals surface area contributed by atoms with Crippen molar-refractivity contribution in [1.82, 2.24) is 15.1 Å². The highest BCUT2D eigenvalue weighted by atomic mass is 16.4. The number of aromatic nitrogens is 2. The second kappa shape index (κ2) is 6.37. The predicted molar refractivity (Wildman–Crippen MR) is 80.9 cm³/mol. The molecule has 5 nitrogen and oxygen atoms in total. The van der Waals surface area contributed by atoms with E-state index in [0.717, 1.165) is 0 Å². The molecule has 1 heterocycles. The molecule has 0 saturated heterocycles. The van der Waals surface area contributed by atoms with Gasteiger partial charge in [0.15, 0.2) is 0 Å². The zero-order valence-corrected chi connectivity index (χ0v) is 13.1. The van der Waals surface area contributed by atoms with Gasteiger partial charge in [0.05, 0.1) is 18.6 Å². The summed E-state index contributed by atoms with van der Waals surface area (Å²) in [6.45, 7) is 6.71. The molecule has 0 fully saturated rings. The molecule has 5 heteroatoms. The highest BCUT2D eigenvalue weighted by Crippen LogP contribution is 2.14. The zero-order chi connectivity index (χ0) is 15.5. The molecule has 1 aromatic carbocycles. The standard InChI is InChI=1S/C16H23N3O2/c1-12-7-5-6-8-13(12)9-14-17-18-15(21-14)10-19(4)11-16(2,3)20/h5-8,20H,9-11H2,1-4H3. The van der Waals surface area contributed by atoms with Crippen LogP contribution >= 0.6 is 0 Å². The Kier molecular flexibility index (Phi) is 4.75. The van der Waals surface area contributed by atoms with Crippen LogP contribution in [0.1, 0.15) is 36.8 Å². The third-order valence-electron chi connectivity index (χ3n) is 3.17. The van der Waals surface area contributed by atoms with E-state index in [1.165, 1.54) is 11.1 Å². The normalized spacial score (nSPS) is 12.1. The number of hydrogen-bond donors (Lipinski definition) is 1. The number of aliphatic hydroxyl groups is 1. The first-order valence-corrected chi connectivity index (χ1v) is 7.10. The lowest BCUT2D eigenvalue weighted by Gasteiger charge is -2.23. The van der Waals surface area contributed by atoms with Crippen molar-refractivity contribution in [2.45, 2.75) is 39.3 Å². The number of nitrogens with zero attached hydrogens (tertiary/aromatic N) is 3. The maximum atomic E-state index is 9.79. The first-order valence-electron chi connectivity index (χ1n) is 7.10. The van der Waals surface area contributed by atoms with Gasteiger partial charge >= 0.3 is 0 Å². The van der Waals surface area contributed by atoms with Crippen LogP contribution in [0, 0.1) is 6.92 Å². The Morgan fingerprint density at radius 3 is 2.52 bits per heavy atom. The summed E-state index contributed by atoms with van der Waals surface area (Å²) < 4.78 is 5.68. The second-order valence-corrected chi connectivity index (χ2v) is 6.18. The molecule has 0 radical (unpaired) electrons. The Hall–Kier alpha value is -1.72. The molecule has 21 heavy (non-hydrogen) atoms. The van der Waals surface area contributed by atoms with E-state index >= 15 is 0 Å². The summed E-state index contributed by atoms with van der Waals surface area (Å²) in [5.74, 6) is 1.20. The quantitative estimate of drug-likeness (QED) is 0.883. The van der Waals surface area contributed by atoms with Crippen LogP contribution in [0.5, 0.6) is 0 Å². The van der Waals surface area contributed by atoms with Crippen molar-refractivity contribution < 1.29 is 9.52 Å². The van der Waals surface area contributed by atoms with Crippen LogP contribution in [-0.4, -0.2) is 39.4 Å². The van der Waals surface area contributed by atoms with Crippen LogP contribution in [0.25, 0.3) is 0 Å². The van der Waals surface area contributed by atoms with Gasteiger partial charge in [-0.2, -0.15) is 0 Å². The van der Waals surface area contributed by atoms with Crippen LogP contribution in [0.2, 0.25) is 0 Å². The Bertz CT molecular complexity index is 587. The van der Waals surface area contributed by atoms with Gasteiger partial charge in [-0.1, -0.05) is 24.3 Å². The molecule has 0 aliphatic rings. The fourth-order valence-corrected chi connectivity index (χ4v) is 2.34. The fourth-order valence-electron chi connectivity index (χ4n) is 2.34. The number of likely N-dealkylation sites (N-methyl/N-ethyl adjacent to an activating group) is 1. The number of hydrogen-bond acceptors (Lipinski definition) is 5.